The van der Waals surface area contributed by atoms with Crippen LogP contribution in [-0.4, -0.2) is 6.61 Å². The van der Waals surface area contributed by atoms with Gasteiger partial charge in [-0.2, -0.15) is 0 Å². The first-order chi connectivity index (χ1) is 10.9. The number of fused-ring (bicyclic) bond motifs is 1. The Morgan fingerprint density at radius 2 is 1.50 bits per heavy atom. The van der Waals surface area contributed by atoms with Gasteiger partial charge in [0.25, 0.3) is 0 Å². The Morgan fingerprint density at radius 3 is 2.14 bits per heavy atom. The van der Waals surface area contributed by atoms with E-state index >= 15 is 0 Å². The van der Waals surface area contributed by atoms with E-state index in [4.69, 9.17) is 4.74 Å². The third-order valence-electron chi connectivity index (χ3n) is 3.99. The van der Waals surface area contributed by atoms with Crippen LogP contribution < -0.4 is 15.3 Å². The highest BCUT2D eigenvalue weighted by Crippen LogP contribution is 2.56. The summed E-state index contributed by atoms with van der Waals surface area (Å²) < 4.78 is 5.84. The van der Waals surface area contributed by atoms with Crippen LogP contribution in [0.15, 0.2) is 72.1 Å². The summed E-state index contributed by atoms with van der Waals surface area (Å²) in [4.78, 5) is 1.42. The fraction of sp³-hybridized carbons (Fsp3) is 0.158. The van der Waals surface area contributed by atoms with Crippen LogP contribution in [0.25, 0.3) is 0 Å². The first-order valence-corrected chi connectivity index (χ1v) is 9.82. The topological polar surface area (TPSA) is 9.23 Å². The van der Waals surface area contributed by atoms with Gasteiger partial charge in [-0.3, -0.25) is 0 Å². The molecule has 1 aliphatic rings. The molecule has 2 aromatic carbocycles. The second-order valence-corrected chi connectivity index (χ2v) is 8.69. The normalized spacial score (nSPS) is 17.0. The molecule has 0 N–H and O–H groups in total. The lowest BCUT2D eigenvalue weighted by molar-refractivity contribution is 0.289. The molecule has 1 atom stereocenters. The summed E-state index contributed by atoms with van der Waals surface area (Å²) in [5.41, 5.74) is 0.559. The monoisotopic (exact) mass is 324 g/mol. The van der Waals surface area contributed by atoms with Crippen LogP contribution in [0.1, 0.15) is 17.0 Å². The summed E-state index contributed by atoms with van der Waals surface area (Å²) in [6.07, 6.45) is 1.10. The maximum atomic E-state index is 5.84. The molecule has 1 unspecified atom stereocenters. The zero-order valence-corrected chi connectivity index (χ0v) is 13.9. The van der Waals surface area contributed by atoms with Crippen molar-refractivity contribution in [2.45, 2.75) is 12.1 Å². The van der Waals surface area contributed by atoms with Crippen molar-refractivity contribution < 1.29 is 4.74 Å². The Morgan fingerprint density at radius 1 is 0.864 bits per heavy atom. The Kier molecular flexibility index (Phi) is 3.97. The Balaban J connectivity index is 1.83. The largest absolute Gasteiger partial charge is 0.492 e. The van der Waals surface area contributed by atoms with Crippen molar-refractivity contribution in [3.8, 4) is 5.75 Å². The molecule has 4 rings (SSSR count). The molecule has 3 aromatic rings. The first-order valence-electron chi connectivity index (χ1n) is 7.53. The van der Waals surface area contributed by atoms with Gasteiger partial charge in [-0.1, -0.05) is 60.7 Å². The molecule has 0 saturated heterocycles. The van der Waals surface area contributed by atoms with Gasteiger partial charge in [0.1, 0.15) is 5.75 Å². The molecule has 3 heteroatoms. The van der Waals surface area contributed by atoms with Crippen LogP contribution in [-0.2, 0) is 0 Å². The molecular formula is C19H17OPS. The highest BCUT2D eigenvalue weighted by Gasteiger charge is 2.31. The lowest BCUT2D eigenvalue weighted by atomic mass is 10.2. The number of hydrogen-bond donors (Lipinski definition) is 0. The van der Waals surface area contributed by atoms with Crippen LogP contribution in [0.5, 0.6) is 5.75 Å². The number of rotatable bonds is 3. The zero-order chi connectivity index (χ0) is 14.8. The molecule has 2 heterocycles. The lowest BCUT2D eigenvalue weighted by Crippen LogP contribution is -2.21. The average Bonchev–Trinajstić information content (AvgIpc) is 3.07. The summed E-state index contributed by atoms with van der Waals surface area (Å²) >= 11 is 1.84. The molecule has 0 spiro atoms. The quantitative estimate of drug-likeness (QED) is 0.634. The smallest absolute Gasteiger partial charge is 0.133 e. The van der Waals surface area contributed by atoms with Gasteiger partial charge >= 0.3 is 0 Å². The van der Waals surface area contributed by atoms with Crippen molar-refractivity contribution in [1.82, 2.24) is 0 Å². The van der Waals surface area contributed by atoms with Gasteiger partial charge in [0.2, 0.25) is 0 Å². The maximum Gasteiger partial charge on any atom is 0.133 e. The Bertz CT molecular complexity index is 699. The van der Waals surface area contributed by atoms with E-state index in [2.05, 4.69) is 72.1 Å². The summed E-state index contributed by atoms with van der Waals surface area (Å²) in [6, 6.07) is 24.1. The van der Waals surface area contributed by atoms with E-state index in [0.717, 1.165) is 18.8 Å². The third-order valence-corrected chi connectivity index (χ3v) is 8.02. The van der Waals surface area contributed by atoms with Crippen molar-refractivity contribution in [2.75, 3.05) is 6.61 Å². The van der Waals surface area contributed by atoms with Crippen molar-refractivity contribution in [3.05, 3.63) is 77.0 Å². The molecule has 0 aliphatic carbocycles. The molecule has 0 amide bonds. The molecule has 1 nitrogen and oxygen atoms in total. The van der Waals surface area contributed by atoms with Crippen LogP contribution in [0.3, 0.4) is 0 Å². The summed E-state index contributed by atoms with van der Waals surface area (Å²) in [6.45, 7) is 0.826. The van der Waals surface area contributed by atoms with Gasteiger partial charge in [0.05, 0.1) is 11.5 Å². The second kappa shape index (κ2) is 6.24. The van der Waals surface area contributed by atoms with E-state index < -0.39 is 7.92 Å². The first kappa shape index (κ1) is 14.0. The molecular weight excluding hydrogens is 307 g/mol. The van der Waals surface area contributed by atoms with Crippen molar-refractivity contribution >= 4 is 29.9 Å². The summed E-state index contributed by atoms with van der Waals surface area (Å²) in [5.74, 6) is 1.10. The van der Waals surface area contributed by atoms with Crippen LogP contribution in [0.4, 0.5) is 0 Å². The van der Waals surface area contributed by atoms with Crippen molar-refractivity contribution in [2.24, 2.45) is 0 Å². The second-order valence-electron chi connectivity index (χ2n) is 5.34. The highest BCUT2D eigenvalue weighted by atomic mass is 32.1. The maximum absolute atomic E-state index is 5.84. The van der Waals surface area contributed by atoms with Gasteiger partial charge in [-0.05, 0) is 36.4 Å². The van der Waals surface area contributed by atoms with E-state index in [1.54, 1.807) is 0 Å². The third kappa shape index (κ3) is 2.58. The summed E-state index contributed by atoms with van der Waals surface area (Å²) in [7, 11) is -0.400. The van der Waals surface area contributed by atoms with E-state index in [-0.39, 0.29) is 0 Å². The van der Waals surface area contributed by atoms with Crippen LogP contribution >= 0.6 is 19.3 Å². The Hall–Kier alpha value is -1.63. The summed E-state index contributed by atoms with van der Waals surface area (Å²) in [5, 5.41) is 5.07. The molecule has 1 aliphatic heterocycles. The van der Waals surface area contributed by atoms with E-state index in [1.165, 1.54) is 15.5 Å². The Labute approximate surface area is 136 Å². The fourth-order valence-corrected chi connectivity index (χ4v) is 7.10. The van der Waals surface area contributed by atoms with Crippen molar-refractivity contribution in [1.29, 1.82) is 0 Å². The van der Waals surface area contributed by atoms with Gasteiger partial charge in [0, 0.05) is 5.66 Å². The lowest BCUT2D eigenvalue weighted by Gasteiger charge is -2.31. The van der Waals surface area contributed by atoms with Gasteiger partial charge in [-0.25, -0.2) is 0 Å². The van der Waals surface area contributed by atoms with E-state index in [0.29, 0.717) is 5.66 Å². The van der Waals surface area contributed by atoms with E-state index in [1.807, 2.05) is 11.3 Å². The minimum Gasteiger partial charge on any atom is -0.492 e. The minimum absolute atomic E-state index is 0.400. The predicted octanol–water partition coefficient (Wildman–Crippen LogP) is 4.70. The van der Waals surface area contributed by atoms with Gasteiger partial charge in [-0.15, -0.1) is 11.3 Å². The number of benzene rings is 2. The SMILES string of the molecule is c1ccc(P(c2ccccc2)C2CCOc3ccsc32)cc1. The van der Waals surface area contributed by atoms with Gasteiger partial charge < -0.3 is 4.74 Å². The fourth-order valence-electron chi connectivity index (χ4n) is 3.02. The van der Waals surface area contributed by atoms with Crippen molar-refractivity contribution in [3.63, 3.8) is 0 Å². The predicted molar refractivity (Wildman–Crippen MR) is 96.2 cm³/mol. The van der Waals surface area contributed by atoms with Gasteiger partial charge in [0.15, 0.2) is 0 Å². The molecule has 0 radical (unpaired) electrons. The molecule has 0 bridgehead atoms. The number of thiophene rings is 1. The van der Waals surface area contributed by atoms with E-state index in [9.17, 15) is 0 Å². The molecule has 1 aromatic heterocycles. The number of ether oxygens (including phenoxy) is 1. The minimum atomic E-state index is -0.400. The average molecular weight is 324 g/mol. The highest BCUT2D eigenvalue weighted by molar-refractivity contribution is 7.73. The van der Waals surface area contributed by atoms with Crippen LogP contribution in [0, 0.1) is 0 Å². The molecule has 110 valence electrons. The van der Waals surface area contributed by atoms with Crippen LogP contribution in [0.2, 0.25) is 0 Å². The molecule has 0 fully saturated rings. The standard InChI is InChI=1S/C19H17OPS/c1-3-7-15(8-4-1)21(16-9-5-2-6-10-16)18-11-13-20-17-12-14-22-19(17)18/h1-10,12,14,18H,11,13H2. The zero-order valence-electron chi connectivity index (χ0n) is 12.2. The number of hydrogen-bond acceptors (Lipinski definition) is 2. The molecule has 0 saturated carbocycles. The molecule has 22 heavy (non-hydrogen) atoms.